The first kappa shape index (κ1) is 16.1. The largest absolute Gasteiger partial charge is 0.491 e. The van der Waals surface area contributed by atoms with Crippen LogP contribution in [0.1, 0.15) is 12.8 Å². The van der Waals surface area contributed by atoms with Crippen LogP contribution in [-0.2, 0) is 0 Å². The molecule has 0 saturated carbocycles. The van der Waals surface area contributed by atoms with Gasteiger partial charge in [0.2, 0.25) is 0 Å². The number of fused-ring (bicyclic) bond motifs is 1. The summed E-state index contributed by atoms with van der Waals surface area (Å²) in [5, 5.41) is 12.3. The van der Waals surface area contributed by atoms with Gasteiger partial charge in [-0.25, -0.2) is 8.78 Å². The van der Waals surface area contributed by atoms with Gasteiger partial charge in [0.05, 0.1) is 0 Å². The van der Waals surface area contributed by atoms with Crippen molar-refractivity contribution in [1.82, 2.24) is 4.90 Å². The Hall–Kier alpha value is -1.72. The molecule has 3 nitrogen and oxygen atoms in total. The zero-order valence-electron chi connectivity index (χ0n) is 12.9. The number of aliphatic hydroxyl groups excluding tert-OH is 1. The fraction of sp³-hybridized carbons (Fsp3) is 0.444. The molecule has 0 bridgehead atoms. The summed E-state index contributed by atoms with van der Waals surface area (Å²) in [6, 6.07) is 13.8. The van der Waals surface area contributed by atoms with Crippen molar-refractivity contribution in [3.8, 4) is 5.75 Å². The lowest BCUT2D eigenvalue weighted by Crippen LogP contribution is -2.44. The molecule has 1 saturated heterocycles. The van der Waals surface area contributed by atoms with Crippen LogP contribution in [0, 0.1) is 0 Å². The van der Waals surface area contributed by atoms with Crippen LogP contribution in [0.25, 0.3) is 10.8 Å². The van der Waals surface area contributed by atoms with E-state index < -0.39 is 12.0 Å². The van der Waals surface area contributed by atoms with E-state index in [1.807, 2.05) is 47.4 Å². The van der Waals surface area contributed by atoms with Crippen molar-refractivity contribution in [3.63, 3.8) is 0 Å². The molecule has 1 aliphatic rings. The number of β-amino-alcohol motifs (C(OH)–C–C–N with tert-alkyl or cyclic N) is 1. The van der Waals surface area contributed by atoms with Crippen molar-refractivity contribution >= 4 is 10.8 Å². The number of hydrogen-bond acceptors (Lipinski definition) is 3. The Labute approximate surface area is 134 Å². The third kappa shape index (κ3) is 4.39. The van der Waals surface area contributed by atoms with Gasteiger partial charge in [-0.1, -0.05) is 30.3 Å². The quantitative estimate of drug-likeness (QED) is 0.917. The van der Waals surface area contributed by atoms with Gasteiger partial charge < -0.3 is 14.7 Å². The molecule has 1 aliphatic heterocycles. The molecule has 0 aliphatic carbocycles. The summed E-state index contributed by atoms with van der Waals surface area (Å²) in [7, 11) is 0. The SMILES string of the molecule is OC(COc1ccc2ccccc2c1)CN1CCC(F)(F)CC1. The number of nitrogens with zero attached hydrogens (tertiary/aromatic N) is 1. The van der Waals surface area contributed by atoms with Crippen molar-refractivity contribution in [2.75, 3.05) is 26.2 Å². The number of hydrogen-bond donors (Lipinski definition) is 1. The second-order valence-electron chi connectivity index (χ2n) is 6.13. The van der Waals surface area contributed by atoms with Gasteiger partial charge in [0, 0.05) is 32.5 Å². The standard InChI is InChI=1S/C18H21F2NO2/c19-18(20)7-9-21(10-8-18)12-16(22)13-23-17-6-5-14-3-1-2-4-15(14)11-17/h1-6,11,16,22H,7-10,12-13H2. The fourth-order valence-electron chi connectivity index (χ4n) is 2.86. The molecular formula is C18H21F2NO2. The maximum atomic E-state index is 13.1. The van der Waals surface area contributed by atoms with Crippen molar-refractivity contribution in [1.29, 1.82) is 0 Å². The van der Waals surface area contributed by atoms with Gasteiger partial charge >= 0.3 is 0 Å². The first-order valence-electron chi connectivity index (χ1n) is 7.92. The molecule has 0 aromatic heterocycles. The maximum Gasteiger partial charge on any atom is 0.250 e. The summed E-state index contributed by atoms with van der Waals surface area (Å²) >= 11 is 0. The summed E-state index contributed by atoms with van der Waals surface area (Å²) in [4.78, 5) is 1.87. The van der Waals surface area contributed by atoms with E-state index in [2.05, 4.69) is 0 Å². The van der Waals surface area contributed by atoms with Crippen molar-refractivity contribution in [3.05, 3.63) is 42.5 Å². The van der Waals surface area contributed by atoms with E-state index in [4.69, 9.17) is 4.74 Å². The van der Waals surface area contributed by atoms with Gasteiger partial charge in [0.25, 0.3) is 5.92 Å². The van der Waals surface area contributed by atoms with E-state index in [1.54, 1.807) is 0 Å². The molecule has 23 heavy (non-hydrogen) atoms. The highest BCUT2D eigenvalue weighted by atomic mass is 19.3. The average Bonchev–Trinajstić information content (AvgIpc) is 2.55. The molecule has 0 radical (unpaired) electrons. The fourth-order valence-corrected chi connectivity index (χ4v) is 2.86. The molecule has 1 unspecified atom stereocenters. The highest BCUT2D eigenvalue weighted by Crippen LogP contribution is 2.27. The second-order valence-corrected chi connectivity index (χ2v) is 6.13. The number of aliphatic hydroxyl groups is 1. The van der Waals surface area contributed by atoms with Crippen LogP contribution in [0.4, 0.5) is 8.78 Å². The molecule has 1 N–H and O–H groups in total. The summed E-state index contributed by atoms with van der Waals surface area (Å²) in [5.74, 6) is -1.85. The zero-order valence-corrected chi connectivity index (χ0v) is 12.9. The van der Waals surface area contributed by atoms with Crippen LogP contribution in [0.2, 0.25) is 0 Å². The van der Waals surface area contributed by atoms with Crippen LogP contribution < -0.4 is 4.74 Å². The maximum absolute atomic E-state index is 13.1. The topological polar surface area (TPSA) is 32.7 Å². The van der Waals surface area contributed by atoms with Gasteiger partial charge in [-0.15, -0.1) is 0 Å². The highest BCUT2D eigenvalue weighted by molar-refractivity contribution is 5.83. The van der Waals surface area contributed by atoms with Crippen molar-refractivity contribution in [2.24, 2.45) is 0 Å². The first-order chi connectivity index (χ1) is 11.0. The smallest absolute Gasteiger partial charge is 0.250 e. The van der Waals surface area contributed by atoms with E-state index in [0.29, 0.717) is 25.4 Å². The van der Waals surface area contributed by atoms with Crippen molar-refractivity contribution in [2.45, 2.75) is 24.9 Å². The van der Waals surface area contributed by atoms with Gasteiger partial charge in [0.15, 0.2) is 0 Å². The predicted octanol–water partition coefficient (Wildman–Crippen LogP) is 3.31. The lowest BCUT2D eigenvalue weighted by molar-refractivity contribution is -0.0628. The third-order valence-corrected chi connectivity index (χ3v) is 4.22. The average molecular weight is 321 g/mol. The number of piperidine rings is 1. The molecule has 2 aromatic rings. The normalized spacial score (nSPS) is 19.6. The third-order valence-electron chi connectivity index (χ3n) is 4.22. The summed E-state index contributed by atoms with van der Waals surface area (Å²) in [6.07, 6.45) is -0.954. The number of benzene rings is 2. The minimum Gasteiger partial charge on any atom is -0.491 e. The number of alkyl halides is 2. The Morgan fingerprint density at radius 1 is 1.09 bits per heavy atom. The zero-order chi connectivity index (χ0) is 16.3. The number of likely N-dealkylation sites (tertiary alicyclic amines) is 1. The molecule has 0 amide bonds. The molecule has 124 valence electrons. The Bertz CT molecular complexity index is 652. The molecule has 3 rings (SSSR count). The molecule has 1 fully saturated rings. The van der Waals surface area contributed by atoms with Crippen LogP contribution in [0.5, 0.6) is 5.75 Å². The van der Waals surface area contributed by atoms with E-state index in [1.165, 1.54) is 0 Å². The van der Waals surface area contributed by atoms with E-state index in [9.17, 15) is 13.9 Å². The number of halogens is 2. The van der Waals surface area contributed by atoms with Crippen LogP contribution in [-0.4, -0.2) is 48.3 Å². The number of rotatable bonds is 5. The van der Waals surface area contributed by atoms with Gasteiger partial charge in [-0.2, -0.15) is 0 Å². The Morgan fingerprint density at radius 2 is 1.78 bits per heavy atom. The molecule has 5 heteroatoms. The van der Waals surface area contributed by atoms with Gasteiger partial charge in [-0.05, 0) is 22.9 Å². The highest BCUT2D eigenvalue weighted by Gasteiger charge is 2.34. The minimum atomic E-state index is -2.55. The summed E-state index contributed by atoms with van der Waals surface area (Å²) in [5.41, 5.74) is 0. The summed E-state index contributed by atoms with van der Waals surface area (Å²) < 4.78 is 31.8. The van der Waals surface area contributed by atoms with E-state index >= 15 is 0 Å². The van der Waals surface area contributed by atoms with Gasteiger partial charge in [0.1, 0.15) is 18.5 Å². The van der Waals surface area contributed by atoms with Crippen LogP contribution >= 0.6 is 0 Å². The minimum absolute atomic E-state index is 0.134. The monoisotopic (exact) mass is 321 g/mol. The van der Waals surface area contributed by atoms with E-state index in [0.717, 1.165) is 10.8 Å². The predicted molar refractivity (Wildman–Crippen MR) is 86.1 cm³/mol. The molecule has 1 heterocycles. The summed E-state index contributed by atoms with van der Waals surface area (Å²) in [6.45, 7) is 1.16. The lowest BCUT2D eigenvalue weighted by atomic mass is 10.1. The molecule has 2 aromatic carbocycles. The Morgan fingerprint density at radius 3 is 2.52 bits per heavy atom. The lowest BCUT2D eigenvalue weighted by Gasteiger charge is -2.32. The second kappa shape index (κ2) is 6.81. The first-order valence-corrected chi connectivity index (χ1v) is 7.92. The van der Waals surface area contributed by atoms with Crippen LogP contribution in [0.15, 0.2) is 42.5 Å². The van der Waals surface area contributed by atoms with Crippen molar-refractivity contribution < 1.29 is 18.6 Å². The molecular weight excluding hydrogens is 300 g/mol. The molecule has 1 atom stereocenters. The Balaban J connectivity index is 1.49. The number of ether oxygens (including phenoxy) is 1. The van der Waals surface area contributed by atoms with E-state index in [-0.39, 0.29) is 19.4 Å². The molecule has 0 spiro atoms. The van der Waals surface area contributed by atoms with Gasteiger partial charge in [-0.3, -0.25) is 0 Å². The van der Waals surface area contributed by atoms with Crippen LogP contribution in [0.3, 0.4) is 0 Å². The Kier molecular flexibility index (Phi) is 4.78.